The molecule has 0 unspecified atom stereocenters. The number of carbonyl (C=O) groups is 2. The van der Waals surface area contributed by atoms with Crippen molar-refractivity contribution in [2.45, 2.75) is 50.9 Å². The van der Waals surface area contributed by atoms with E-state index >= 15 is 4.39 Å². The number of benzene rings is 1. The van der Waals surface area contributed by atoms with Crippen LogP contribution < -0.4 is 16.2 Å². The molecule has 0 radical (unpaired) electrons. The molecule has 1 aromatic carbocycles. The summed E-state index contributed by atoms with van der Waals surface area (Å²) in [6, 6.07) is 1.22. The lowest BCUT2D eigenvalue weighted by atomic mass is 10.0. The molecule has 0 saturated heterocycles. The van der Waals surface area contributed by atoms with E-state index < -0.39 is 96.1 Å². The van der Waals surface area contributed by atoms with Crippen molar-refractivity contribution in [3.05, 3.63) is 91.7 Å². The zero-order chi connectivity index (χ0) is 41.6. The molecule has 0 aliphatic rings. The van der Waals surface area contributed by atoms with Gasteiger partial charge in [0.1, 0.15) is 11.9 Å². The van der Waals surface area contributed by atoms with Gasteiger partial charge in [-0.25, -0.2) is 8.78 Å². The third-order valence-electron chi connectivity index (χ3n) is 6.56. The minimum atomic E-state index is -5.22. The summed E-state index contributed by atoms with van der Waals surface area (Å²) < 4.78 is 136. The second-order valence-corrected chi connectivity index (χ2v) is 11.9. The number of carbonyl (C=O) groups excluding carboxylic acids is 2. The second-order valence-electron chi connectivity index (χ2n) is 10.6. The quantitative estimate of drug-likeness (QED) is 0.169. The molecule has 2 amide bonds. The Morgan fingerprint density at radius 2 is 1.89 bits per heavy atom. The highest BCUT2D eigenvalue weighted by atomic mass is 79.9. The number of nitrogens with zero attached hydrogens (tertiary/aromatic N) is 5. The lowest BCUT2D eigenvalue weighted by molar-refractivity contribution is -0.141. The van der Waals surface area contributed by atoms with E-state index in [9.17, 15) is 31.9 Å². The van der Waals surface area contributed by atoms with Crippen LogP contribution in [-0.4, -0.2) is 53.4 Å². The number of halogens is 7. The van der Waals surface area contributed by atoms with Crippen LogP contribution in [0.4, 0.5) is 22.0 Å². The van der Waals surface area contributed by atoms with Gasteiger partial charge in [0.05, 0.1) is 32.2 Å². The number of aromatic nitrogens is 5. The molecule has 252 valence electrons. The summed E-state index contributed by atoms with van der Waals surface area (Å²) in [6.07, 6.45) is -3.15. The third kappa shape index (κ3) is 8.46. The number of hydrogen-bond donors (Lipinski definition) is 2. The van der Waals surface area contributed by atoms with Gasteiger partial charge in [-0.1, -0.05) is 15.9 Å². The van der Waals surface area contributed by atoms with Crippen LogP contribution >= 0.6 is 27.5 Å². The fourth-order valence-corrected chi connectivity index (χ4v) is 5.22. The van der Waals surface area contributed by atoms with E-state index in [0.717, 1.165) is 32.3 Å². The number of rotatable bonds is 11. The highest BCUT2D eigenvalue weighted by molar-refractivity contribution is 9.10. The van der Waals surface area contributed by atoms with E-state index in [4.69, 9.17) is 22.6 Å². The van der Waals surface area contributed by atoms with Crippen LogP contribution in [0.2, 0.25) is 0 Å². The Kier molecular flexibility index (Phi) is 7.72. The average Bonchev–Trinajstić information content (AvgIpc) is 3.72. The van der Waals surface area contributed by atoms with Crippen molar-refractivity contribution in [3.63, 3.8) is 0 Å². The number of nitrogens with one attached hydrogen (secondary N) is 2. The van der Waals surface area contributed by atoms with Crippen molar-refractivity contribution in [3.8, 4) is 11.3 Å². The van der Waals surface area contributed by atoms with Crippen molar-refractivity contribution in [1.82, 2.24) is 34.8 Å². The van der Waals surface area contributed by atoms with Crippen LogP contribution in [0.3, 0.4) is 0 Å². The van der Waals surface area contributed by atoms with Gasteiger partial charge in [-0.2, -0.15) is 23.4 Å². The molecule has 10 nitrogen and oxygen atoms in total. The van der Waals surface area contributed by atoms with E-state index in [1.165, 1.54) is 6.07 Å². The molecule has 0 spiro atoms. The van der Waals surface area contributed by atoms with E-state index in [1.807, 2.05) is 0 Å². The van der Waals surface area contributed by atoms with Gasteiger partial charge in [-0.3, -0.25) is 23.7 Å². The molecule has 3 heterocycles. The van der Waals surface area contributed by atoms with Gasteiger partial charge in [-0.05, 0) is 55.7 Å². The molecule has 0 fully saturated rings. The molecule has 2 N–H and O–H groups in total. The maximum atomic E-state index is 15.1. The van der Waals surface area contributed by atoms with E-state index in [2.05, 4.69) is 36.8 Å². The average molecular weight is 755 g/mol. The standard InChI is InChI=1S/C30H30BrClF5N7O3/c1-29(2,15-44-23(11-24(41-44)30(35,36)37)17-10-21(34)28(47)42(3)14-17)40-26(45)22(9-16-12-38-43(4)13-16)39-27(46)25-18(7-8-32)19(31)5-6-20(25)33/h5-6,10-14,22H,7-9,15H2,1-4H3,(H,39,46)(H,40,45)/t22-/m1/s1/i3D3,4D3,15D2. The molecule has 0 bridgehead atoms. The van der Waals surface area contributed by atoms with Crippen LogP contribution in [0.15, 0.2) is 52.1 Å². The largest absolute Gasteiger partial charge is 0.435 e. The molecule has 4 rings (SSSR count). The molecular weight excluding hydrogens is 717 g/mol. The molecule has 0 aliphatic carbocycles. The number of alkyl halides is 4. The summed E-state index contributed by atoms with van der Waals surface area (Å²) in [5.74, 6) is -5.08. The summed E-state index contributed by atoms with van der Waals surface area (Å²) in [6.45, 7) is -7.23. The van der Waals surface area contributed by atoms with E-state index in [-0.39, 0.29) is 38.7 Å². The Balaban J connectivity index is 1.81. The van der Waals surface area contributed by atoms with E-state index in [1.54, 1.807) is 0 Å². The number of amides is 2. The van der Waals surface area contributed by atoms with Crippen LogP contribution in [0, 0.1) is 11.6 Å². The van der Waals surface area contributed by atoms with Crippen molar-refractivity contribution in [1.29, 1.82) is 0 Å². The van der Waals surface area contributed by atoms with Crippen LogP contribution in [0.25, 0.3) is 11.3 Å². The topological polar surface area (TPSA) is 116 Å². The maximum Gasteiger partial charge on any atom is 0.435 e. The van der Waals surface area contributed by atoms with Crippen molar-refractivity contribution in [2.75, 3.05) is 5.88 Å². The monoisotopic (exact) mass is 753 g/mol. The van der Waals surface area contributed by atoms with Crippen LogP contribution in [-0.2, 0) is 44.3 Å². The van der Waals surface area contributed by atoms with Gasteiger partial charge in [0.2, 0.25) is 5.91 Å². The first-order valence-electron chi connectivity index (χ1n) is 17.4. The highest BCUT2D eigenvalue weighted by Gasteiger charge is 2.37. The third-order valence-corrected chi connectivity index (χ3v) is 7.50. The van der Waals surface area contributed by atoms with Gasteiger partial charge >= 0.3 is 6.18 Å². The summed E-state index contributed by atoms with van der Waals surface area (Å²) in [7, 11) is 0. The normalized spacial score (nSPS) is 16.0. The van der Waals surface area contributed by atoms with Crippen LogP contribution in [0.5, 0.6) is 0 Å². The van der Waals surface area contributed by atoms with Gasteiger partial charge < -0.3 is 15.2 Å². The van der Waals surface area contributed by atoms with Gasteiger partial charge in [0.25, 0.3) is 11.5 Å². The first-order valence-corrected chi connectivity index (χ1v) is 14.7. The number of hydrogen-bond acceptors (Lipinski definition) is 5. The molecule has 4 aromatic rings. The molecular formula is C30H30BrClF5N7O3. The molecule has 47 heavy (non-hydrogen) atoms. The van der Waals surface area contributed by atoms with Crippen molar-refractivity contribution < 1.29 is 42.5 Å². The first-order chi connectivity index (χ1) is 25.1. The van der Waals surface area contributed by atoms with Crippen molar-refractivity contribution >= 4 is 39.3 Å². The highest BCUT2D eigenvalue weighted by Crippen LogP contribution is 2.32. The number of pyridine rings is 1. The molecule has 0 saturated carbocycles. The van der Waals surface area contributed by atoms with Gasteiger partial charge in [0, 0.05) is 56.9 Å². The zero-order valence-corrected chi connectivity index (χ0v) is 26.7. The zero-order valence-electron chi connectivity index (χ0n) is 32.3. The molecule has 1 atom stereocenters. The summed E-state index contributed by atoms with van der Waals surface area (Å²) in [5, 5.41) is 11.7. The maximum absolute atomic E-state index is 15.1. The Bertz CT molecular complexity index is 2170. The molecule has 3 aromatic heterocycles. The molecule has 0 aliphatic heterocycles. The first kappa shape index (κ1) is 26.0. The summed E-state index contributed by atoms with van der Waals surface area (Å²) in [4.78, 5) is 39.9. The van der Waals surface area contributed by atoms with Crippen molar-refractivity contribution in [2.24, 2.45) is 14.0 Å². The lowest BCUT2D eigenvalue weighted by Crippen LogP contribution is -2.55. The lowest BCUT2D eigenvalue weighted by Gasteiger charge is -2.30. The Labute approximate surface area is 290 Å². The van der Waals surface area contributed by atoms with Gasteiger partial charge in [-0.15, -0.1) is 11.6 Å². The predicted octanol–water partition coefficient (Wildman–Crippen LogP) is 4.76. The summed E-state index contributed by atoms with van der Waals surface area (Å²) >= 11 is 9.09. The number of aryl methyl sites for hydroxylation is 2. The summed E-state index contributed by atoms with van der Waals surface area (Å²) in [5.41, 5.74) is -7.54. The van der Waals surface area contributed by atoms with E-state index in [0.29, 0.717) is 21.4 Å². The van der Waals surface area contributed by atoms with Gasteiger partial charge in [0.15, 0.2) is 11.5 Å². The Morgan fingerprint density at radius 3 is 2.53 bits per heavy atom. The minimum Gasteiger partial charge on any atom is -0.348 e. The fourth-order valence-electron chi connectivity index (χ4n) is 4.51. The van der Waals surface area contributed by atoms with Crippen LogP contribution in [0.1, 0.15) is 52.0 Å². The Hall–Kier alpha value is -4.05. The smallest absolute Gasteiger partial charge is 0.348 e. The second kappa shape index (κ2) is 14.0. The Morgan fingerprint density at radius 1 is 1.15 bits per heavy atom. The SMILES string of the molecule is [2H]C([2H])([2H])n1cc(C[C@@H](NC(=O)c2c(F)ccc(Br)c2CCCl)C(=O)NC(C)(C)C([2H])([2H])n2nc(C(F)(F)F)cc2-c2cc(F)c(=O)n(C([2H])([2H])[2H])c2)cn1. The molecule has 17 heteroatoms. The minimum absolute atomic E-state index is 0.00196. The predicted molar refractivity (Wildman–Crippen MR) is 167 cm³/mol. The fraction of sp³-hybridized carbons (Fsp3) is 0.367.